The monoisotopic (exact) mass is 328 g/mol. The minimum absolute atomic E-state index is 0.192. The van der Waals surface area contributed by atoms with Crippen molar-refractivity contribution in [3.8, 4) is 0 Å². The summed E-state index contributed by atoms with van der Waals surface area (Å²) in [5.41, 5.74) is 4.75. The number of hydrogen-bond acceptors (Lipinski definition) is 3. The van der Waals surface area contributed by atoms with Gasteiger partial charge in [0.05, 0.1) is 5.56 Å². The first kappa shape index (κ1) is 16.5. The van der Waals surface area contributed by atoms with Gasteiger partial charge >= 0.3 is 0 Å². The molecule has 0 saturated heterocycles. The zero-order valence-electron chi connectivity index (χ0n) is 14.2. The van der Waals surface area contributed by atoms with Gasteiger partial charge in [0.15, 0.2) is 0 Å². The van der Waals surface area contributed by atoms with Crippen molar-refractivity contribution >= 4 is 22.7 Å². The maximum absolute atomic E-state index is 12.8. The number of hydrazine groups is 1. The van der Waals surface area contributed by atoms with Gasteiger partial charge in [0, 0.05) is 25.0 Å². The summed E-state index contributed by atoms with van der Waals surface area (Å²) >= 11 is 0. The number of hydrogen-bond donors (Lipinski definition) is 3. The van der Waals surface area contributed by atoms with Gasteiger partial charge in [0.1, 0.15) is 5.69 Å². The Kier molecular flexibility index (Phi) is 4.57. The number of aromatic amines is 1. The molecule has 3 rings (SSSR count). The molecule has 1 fully saturated rings. The van der Waals surface area contributed by atoms with E-state index in [1.54, 1.807) is 14.1 Å². The Labute approximate surface area is 141 Å². The smallest absolute Gasteiger partial charge is 0.282 e. The first-order valence-corrected chi connectivity index (χ1v) is 8.41. The van der Waals surface area contributed by atoms with E-state index in [0.717, 1.165) is 29.3 Å². The fourth-order valence-electron chi connectivity index (χ4n) is 3.71. The molecule has 0 spiro atoms. The van der Waals surface area contributed by atoms with Crippen LogP contribution in [0.2, 0.25) is 0 Å². The zero-order valence-corrected chi connectivity index (χ0v) is 14.2. The predicted molar refractivity (Wildman–Crippen MR) is 93.8 cm³/mol. The highest BCUT2D eigenvalue weighted by Crippen LogP contribution is 2.38. The molecule has 24 heavy (non-hydrogen) atoms. The van der Waals surface area contributed by atoms with Crippen molar-refractivity contribution in [1.29, 1.82) is 0 Å². The van der Waals surface area contributed by atoms with Crippen molar-refractivity contribution in [2.75, 3.05) is 14.1 Å². The summed E-state index contributed by atoms with van der Waals surface area (Å²) in [6, 6.07) is 5.97. The average Bonchev–Trinajstić information content (AvgIpc) is 3.00. The van der Waals surface area contributed by atoms with Gasteiger partial charge in [0.25, 0.3) is 11.8 Å². The lowest BCUT2D eigenvalue weighted by Gasteiger charge is -2.23. The van der Waals surface area contributed by atoms with Crippen molar-refractivity contribution in [1.82, 2.24) is 15.3 Å². The van der Waals surface area contributed by atoms with Crippen LogP contribution in [-0.2, 0) is 0 Å². The van der Waals surface area contributed by atoms with E-state index in [-0.39, 0.29) is 11.6 Å². The standard InChI is InChI=1S/C18H24N4O2/c1-22(2)18(24)15-14-12(11-7-4-3-5-8-11)9-6-10-13(14)20-16(15)17(23)21-19/h6,9-11,20H,3-5,7-8,19H2,1-2H3,(H,21,23). The molecule has 128 valence electrons. The molecular weight excluding hydrogens is 304 g/mol. The van der Waals surface area contributed by atoms with E-state index in [9.17, 15) is 9.59 Å². The van der Waals surface area contributed by atoms with E-state index >= 15 is 0 Å². The Morgan fingerprint density at radius 2 is 1.92 bits per heavy atom. The highest BCUT2D eigenvalue weighted by atomic mass is 16.2. The Hall–Kier alpha value is -2.34. The van der Waals surface area contributed by atoms with Crippen molar-refractivity contribution in [2.45, 2.75) is 38.0 Å². The third-order valence-corrected chi connectivity index (χ3v) is 4.88. The molecule has 6 heteroatoms. The first-order chi connectivity index (χ1) is 11.5. The summed E-state index contributed by atoms with van der Waals surface area (Å²) in [6.45, 7) is 0. The number of carbonyl (C=O) groups is 2. The number of carbonyl (C=O) groups excluding carboxylic acids is 2. The third kappa shape index (κ3) is 2.78. The van der Waals surface area contributed by atoms with E-state index in [4.69, 9.17) is 5.84 Å². The molecule has 2 amide bonds. The fraction of sp³-hybridized carbons (Fsp3) is 0.444. The SMILES string of the molecule is CN(C)C(=O)c1c(C(=O)NN)[nH]c2cccc(C3CCCCC3)c12. The molecule has 1 aliphatic rings. The lowest BCUT2D eigenvalue weighted by Crippen LogP contribution is -2.33. The molecule has 2 aromatic rings. The first-order valence-electron chi connectivity index (χ1n) is 8.41. The molecule has 0 aliphatic heterocycles. The second kappa shape index (κ2) is 6.65. The summed E-state index contributed by atoms with van der Waals surface area (Å²) in [7, 11) is 3.38. The molecule has 6 nitrogen and oxygen atoms in total. The molecule has 0 unspecified atom stereocenters. The van der Waals surface area contributed by atoms with Crippen molar-refractivity contribution in [2.24, 2.45) is 5.84 Å². The number of nitrogens with two attached hydrogens (primary N) is 1. The minimum Gasteiger partial charge on any atom is -0.350 e. The van der Waals surface area contributed by atoms with Crippen LogP contribution in [0.3, 0.4) is 0 Å². The highest BCUT2D eigenvalue weighted by molar-refractivity contribution is 6.16. The minimum atomic E-state index is -0.481. The lowest BCUT2D eigenvalue weighted by atomic mass is 9.82. The normalized spacial score (nSPS) is 15.5. The summed E-state index contributed by atoms with van der Waals surface area (Å²) in [5.74, 6) is 5.07. The van der Waals surface area contributed by atoms with Crippen LogP contribution in [0.5, 0.6) is 0 Å². The summed E-state index contributed by atoms with van der Waals surface area (Å²) in [6.07, 6.45) is 5.93. The van der Waals surface area contributed by atoms with Gasteiger partial charge in [-0.1, -0.05) is 31.4 Å². The van der Waals surface area contributed by atoms with Crippen LogP contribution in [0.25, 0.3) is 10.9 Å². The number of nitrogens with zero attached hydrogens (tertiary/aromatic N) is 1. The number of fused-ring (bicyclic) bond motifs is 1. The van der Waals surface area contributed by atoms with Crippen LogP contribution >= 0.6 is 0 Å². The number of nitrogens with one attached hydrogen (secondary N) is 2. The molecular formula is C18H24N4O2. The molecule has 1 heterocycles. The van der Waals surface area contributed by atoms with Gasteiger partial charge in [-0.05, 0) is 30.4 Å². The number of amides is 2. The predicted octanol–water partition coefficient (Wildman–Crippen LogP) is 2.52. The van der Waals surface area contributed by atoms with Gasteiger partial charge in [-0.3, -0.25) is 15.0 Å². The van der Waals surface area contributed by atoms with E-state index in [1.807, 2.05) is 12.1 Å². The van der Waals surface area contributed by atoms with E-state index in [0.29, 0.717) is 11.5 Å². The maximum atomic E-state index is 12.8. The number of benzene rings is 1. The molecule has 1 aromatic carbocycles. The largest absolute Gasteiger partial charge is 0.350 e. The number of H-pyrrole nitrogens is 1. The van der Waals surface area contributed by atoms with Gasteiger partial charge in [-0.2, -0.15) is 0 Å². The summed E-state index contributed by atoms with van der Waals surface area (Å²) < 4.78 is 0. The second-order valence-electron chi connectivity index (χ2n) is 6.65. The topological polar surface area (TPSA) is 91.2 Å². The Morgan fingerprint density at radius 3 is 2.54 bits per heavy atom. The molecule has 4 N–H and O–H groups in total. The van der Waals surface area contributed by atoms with E-state index in [1.165, 1.54) is 24.2 Å². The summed E-state index contributed by atoms with van der Waals surface area (Å²) in [4.78, 5) is 29.5. The Bertz CT molecular complexity index is 773. The maximum Gasteiger partial charge on any atom is 0.282 e. The van der Waals surface area contributed by atoms with Crippen LogP contribution in [0.4, 0.5) is 0 Å². The lowest BCUT2D eigenvalue weighted by molar-refractivity contribution is 0.0819. The fourth-order valence-corrected chi connectivity index (χ4v) is 3.71. The average molecular weight is 328 g/mol. The van der Waals surface area contributed by atoms with E-state index < -0.39 is 5.91 Å². The molecule has 0 atom stereocenters. The number of nitrogen functional groups attached to an aromatic ring is 1. The second-order valence-corrected chi connectivity index (χ2v) is 6.65. The highest BCUT2D eigenvalue weighted by Gasteiger charge is 2.28. The molecule has 1 aliphatic carbocycles. The van der Waals surface area contributed by atoms with Crippen LogP contribution < -0.4 is 11.3 Å². The molecule has 1 saturated carbocycles. The molecule has 1 aromatic heterocycles. The van der Waals surface area contributed by atoms with Gasteiger partial charge in [-0.25, -0.2) is 5.84 Å². The van der Waals surface area contributed by atoms with Crippen LogP contribution in [0.15, 0.2) is 18.2 Å². The summed E-state index contributed by atoms with van der Waals surface area (Å²) in [5, 5.41) is 0.863. The van der Waals surface area contributed by atoms with Gasteiger partial charge < -0.3 is 9.88 Å². The van der Waals surface area contributed by atoms with Crippen LogP contribution in [0, 0.1) is 0 Å². The number of aromatic nitrogens is 1. The van der Waals surface area contributed by atoms with Gasteiger partial charge in [-0.15, -0.1) is 0 Å². The van der Waals surface area contributed by atoms with Gasteiger partial charge in [0.2, 0.25) is 0 Å². The Morgan fingerprint density at radius 1 is 1.21 bits per heavy atom. The molecule has 0 bridgehead atoms. The quantitative estimate of drug-likeness (QED) is 0.459. The zero-order chi connectivity index (χ0) is 17.3. The van der Waals surface area contributed by atoms with Crippen molar-refractivity contribution in [3.05, 3.63) is 35.0 Å². The Balaban J connectivity index is 2.25. The molecule has 0 radical (unpaired) electrons. The number of rotatable bonds is 3. The van der Waals surface area contributed by atoms with Crippen LogP contribution in [-0.4, -0.2) is 35.8 Å². The van der Waals surface area contributed by atoms with Crippen LogP contribution in [0.1, 0.15) is 64.4 Å². The third-order valence-electron chi connectivity index (χ3n) is 4.88. The van der Waals surface area contributed by atoms with Crippen molar-refractivity contribution < 1.29 is 9.59 Å². The van der Waals surface area contributed by atoms with E-state index in [2.05, 4.69) is 16.5 Å². The van der Waals surface area contributed by atoms with Crippen molar-refractivity contribution in [3.63, 3.8) is 0 Å².